The SMILES string of the molecule is CC(=O)c1cccc(F)c1N(C)C1CCCCC1C. The molecular formula is C16H22FNO. The Morgan fingerprint density at radius 1 is 1.32 bits per heavy atom. The molecule has 0 aliphatic heterocycles. The Kier molecular flexibility index (Phi) is 4.23. The summed E-state index contributed by atoms with van der Waals surface area (Å²) >= 11 is 0. The summed E-state index contributed by atoms with van der Waals surface area (Å²) in [4.78, 5) is 13.7. The van der Waals surface area contributed by atoms with Crippen LogP contribution in [0.3, 0.4) is 0 Å². The second-order valence-corrected chi connectivity index (χ2v) is 5.63. The van der Waals surface area contributed by atoms with E-state index >= 15 is 0 Å². The van der Waals surface area contributed by atoms with Crippen molar-refractivity contribution in [1.29, 1.82) is 0 Å². The minimum atomic E-state index is -0.298. The molecule has 1 aliphatic rings. The molecule has 1 aliphatic carbocycles. The van der Waals surface area contributed by atoms with E-state index in [1.54, 1.807) is 12.1 Å². The third-order valence-electron chi connectivity index (χ3n) is 4.28. The Bertz CT molecular complexity index is 472. The van der Waals surface area contributed by atoms with Crippen molar-refractivity contribution >= 4 is 11.5 Å². The lowest BCUT2D eigenvalue weighted by atomic mass is 9.84. The molecule has 2 nitrogen and oxygen atoms in total. The number of benzene rings is 1. The number of para-hydroxylation sites is 1. The van der Waals surface area contributed by atoms with Gasteiger partial charge in [0.2, 0.25) is 0 Å². The standard InChI is InChI=1S/C16H22FNO/c1-11-7-4-5-10-15(11)18(3)16-13(12(2)19)8-6-9-14(16)17/h6,8-9,11,15H,4-5,7,10H2,1-3H3. The van der Waals surface area contributed by atoms with Crippen molar-refractivity contribution in [2.45, 2.75) is 45.6 Å². The zero-order chi connectivity index (χ0) is 14.0. The Morgan fingerprint density at radius 3 is 2.63 bits per heavy atom. The average molecular weight is 263 g/mol. The second kappa shape index (κ2) is 5.72. The highest BCUT2D eigenvalue weighted by Gasteiger charge is 2.28. The van der Waals surface area contributed by atoms with Crippen LogP contribution in [0.5, 0.6) is 0 Å². The third kappa shape index (κ3) is 2.80. The molecule has 2 unspecified atom stereocenters. The predicted molar refractivity (Wildman–Crippen MR) is 76.2 cm³/mol. The molecule has 1 saturated carbocycles. The molecule has 1 fully saturated rings. The van der Waals surface area contributed by atoms with E-state index in [2.05, 4.69) is 6.92 Å². The quantitative estimate of drug-likeness (QED) is 0.767. The number of anilines is 1. The molecule has 1 aromatic carbocycles. The van der Waals surface area contributed by atoms with Crippen LogP contribution in [0.25, 0.3) is 0 Å². The molecule has 0 spiro atoms. The third-order valence-corrected chi connectivity index (χ3v) is 4.28. The lowest BCUT2D eigenvalue weighted by molar-refractivity contribution is 0.101. The Balaban J connectivity index is 2.37. The summed E-state index contributed by atoms with van der Waals surface area (Å²) in [5.41, 5.74) is 0.953. The summed E-state index contributed by atoms with van der Waals surface area (Å²) in [5, 5.41) is 0. The van der Waals surface area contributed by atoms with Gasteiger partial charge in [0.1, 0.15) is 5.82 Å². The molecule has 19 heavy (non-hydrogen) atoms. The highest BCUT2D eigenvalue weighted by Crippen LogP contribution is 2.33. The van der Waals surface area contributed by atoms with E-state index in [4.69, 9.17) is 0 Å². The van der Waals surface area contributed by atoms with Gasteiger partial charge in [-0.2, -0.15) is 0 Å². The fourth-order valence-electron chi connectivity index (χ4n) is 3.20. The van der Waals surface area contributed by atoms with Crippen LogP contribution in [-0.2, 0) is 0 Å². The normalized spacial score (nSPS) is 23.2. The van der Waals surface area contributed by atoms with Crippen molar-refractivity contribution in [2.24, 2.45) is 5.92 Å². The van der Waals surface area contributed by atoms with Gasteiger partial charge in [0.05, 0.1) is 5.69 Å². The summed E-state index contributed by atoms with van der Waals surface area (Å²) in [6, 6.07) is 5.08. The van der Waals surface area contributed by atoms with E-state index in [0.717, 1.165) is 6.42 Å². The fraction of sp³-hybridized carbons (Fsp3) is 0.562. The van der Waals surface area contributed by atoms with Crippen molar-refractivity contribution in [2.75, 3.05) is 11.9 Å². The van der Waals surface area contributed by atoms with Gasteiger partial charge >= 0.3 is 0 Å². The number of hydrogen-bond donors (Lipinski definition) is 0. The summed E-state index contributed by atoms with van der Waals surface area (Å²) in [6.07, 6.45) is 4.69. The van der Waals surface area contributed by atoms with Crippen LogP contribution in [0, 0.1) is 11.7 Å². The molecule has 0 bridgehead atoms. The van der Waals surface area contributed by atoms with Gasteiger partial charge in [-0.05, 0) is 37.8 Å². The van der Waals surface area contributed by atoms with Crippen molar-refractivity contribution in [3.05, 3.63) is 29.6 Å². The molecule has 104 valence electrons. The first-order chi connectivity index (χ1) is 9.02. The number of halogens is 1. The molecule has 0 amide bonds. The summed E-state index contributed by atoms with van der Waals surface area (Å²) in [5.74, 6) is 0.163. The van der Waals surface area contributed by atoms with E-state index in [9.17, 15) is 9.18 Å². The molecular weight excluding hydrogens is 241 g/mol. The molecule has 0 N–H and O–H groups in total. The highest BCUT2D eigenvalue weighted by atomic mass is 19.1. The van der Waals surface area contributed by atoms with Crippen LogP contribution in [0.15, 0.2) is 18.2 Å². The number of rotatable bonds is 3. The first-order valence-electron chi connectivity index (χ1n) is 7.04. The van der Waals surface area contributed by atoms with Gasteiger partial charge in [-0.1, -0.05) is 25.8 Å². The maximum Gasteiger partial charge on any atom is 0.161 e. The summed E-state index contributed by atoms with van der Waals surface area (Å²) in [6.45, 7) is 3.71. The van der Waals surface area contributed by atoms with Gasteiger partial charge in [0.25, 0.3) is 0 Å². The molecule has 3 heteroatoms. The zero-order valence-electron chi connectivity index (χ0n) is 11.9. The maximum atomic E-state index is 14.1. The number of nitrogens with zero attached hydrogens (tertiary/aromatic N) is 1. The molecule has 2 rings (SSSR count). The van der Waals surface area contributed by atoms with Crippen molar-refractivity contribution in [3.8, 4) is 0 Å². The highest BCUT2D eigenvalue weighted by molar-refractivity contribution is 5.99. The van der Waals surface area contributed by atoms with E-state index in [1.807, 2.05) is 11.9 Å². The smallest absolute Gasteiger partial charge is 0.161 e. The number of hydrogen-bond acceptors (Lipinski definition) is 2. The van der Waals surface area contributed by atoms with Crippen LogP contribution in [0.4, 0.5) is 10.1 Å². The molecule has 0 aromatic heterocycles. The fourth-order valence-corrected chi connectivity index (χ4v) is 3.20. The second-order valence-electron chi connectivity index (χ2n) is 5.63. The summed E-state index contributed by atoms with van der Waals surface area (Å²) in [7, 11) is 1.91. The topological polar surface area (TPSA) is 20.3 Å². The van der Waals surface area contributed by atoms with Crippen LogP contribution in [0.2, 0.25) is 0 Å². The van der Waals surface area contributed by atoms with Crippen LogP contribution >= 0.6 is 0 Å². The van der Waals surface area contributed by atoms with Gasteiger partial charge in [-0.15, -0.1) is 0 Å². The first kappa shape index (κ1) is 14.0. The van der Waals surface area contributed by atoms with Crippen molar-refractivity contribution in [3.63, 3.8) is 0 Å². The maximum absolute atomic E-state index is 14.1. The number of Topliss-reactive ketones (excluding diaryl/α,β-unsaturated/α-hetero) is 1. The van der Waals surface area contributed by atoms with Gasteiger partial charge in [0.15, 0.2) is 5.78 Å². The predicted octanol–water partition coefficient (Wildman–Crippen LogP) is 4.04. The minimum absolute atomic E-state index is 0.0789. The average Bonchev–Trinajstić information content (AvgIpc) is 2.38. The Morgan fingerprint density at radius 2 is 2.00 bits per heavy atom. The van der Waals surface area contributed by atoms with Gasteiger partial charge in [-0.3, -0.25) is 4.79 Å². The van der Waals surface area contributed by atoms with E-state index in [0.29, 0.717) is 23.2 Å². The van der Waals surface area contributed by atoms with E-state index in [-0.39, 0.29) is 11.6 Å². The lowest BCUT2D eigenvalue weighted by Crippen LogP contribution is -2.40. The first-order valence-corrected chi connectivity index (χ1v) is 7.04. The largest absolute Gasteiger partial charge is 0.368 e. The molecule has 0 radical (unpaired) electrons. The van der Waals surface area contributed by atoms with Crippen LogP contribution in [-0.4, -0.2) is 18.9 Å². The van der Waals surface area contributed by atoms with Crippen molar-refractivity contribution in [1.82, 2.24) is 0 Å². The number of carbonyl (C=O) groups excluding carboxylic acids is 1. The van der Waals surface area contributed by atoms with Crippen LogP contribution in [0.1, 0.15) is 49.9 Å². The van der Waals surface area contributed by atoms with Gasteiger partial charge in [0, 0.05) is 18.7 Å². The summed E-state index contributed by atoms with van der Waals surface area (Å²) < 4.78 is 14.1. The molecule has 2 atom stereocenters. The zero-order valence-corrected chi connectivity index (χ0v) is 11.9. The van der Waals surface area contributed by atoms with Gasteiger partial charge in [-0.25, -0.2) is 4.39 Å². The molecule has 0 heterocycles. The Hall–Kier alpha value is -1.38. The minimum Gasteiger partial charge on any atom is -0.368 e. The van der Waals surface area contributed by atoms with Gasteiger partial charge < -0.3 is 4.90 Å². The van der Waals surface area contributed by atoms with Crippen LogP contribution < -0.4 is 4.90 Å². The van der Waals surface area contributed by atoms with E-state index in [1.165, 1.54) is 32.3 Å². The number of carbonyl (C=O) groups is 1. The molecule has 0 saturated heterocycles. The van der Waals surface area contributed by atoms with E-state index < -0.39 is 0 Å². The number of ketones is 1. The monoisotopic (exact) mass is 263 g/mol. The Labute approximate surface area is 114 Å². The van der Waals surface area contributed by atoms with Crippen molar-refractivity contribution < 1.29 is 9.18 Å². The lowest BCUT2D eigenvalue weighted by Gasteiger charge is -2.38. The molecule has 1 aromatic rings.